The van der Waals surface area contributed by atoms with E-state index in [0.717, 1.165) is 6.42 Å². The largest absolute Gasteiger partial charge is 0.411 e. The van der Waals surface area contributed by atoms with Crippen molar-refractivity contribution in [3.63, 3.8) is 0 Å². The first-order valence-corrected chi connectivity index (χ1v) is 4.32. The van der Waals surface area contributed by atoms with Gasteiger partial charge in [0.2, 0.25) is 0 Å². The van der Waals surface area contributed by atoms with Crippen molar-refractivity contribution in [2.45, 2.75) is 26.7 Å². The first-order valence-electron chi connectivity index (χ1n) is 4.32. The van der Waals surface area contributed by atoms with Gasteiger partial charge in [0.1, 0.15) is 5.71 Å². The molecule has 3 aliphatic carbocycles. The van der Waals surface area contributed by atoms with E-state index in [9.17, 15) is 4.79 Å². The van der Waals surface area contributed by atoms with Crippen LogP contribution in [-0.4, -0.2) is 16.7 Å². The Kier molecular flexibility index (Phi) is 1.35. The second-order valence-electron chi connectivity index (χ2n) is 4.42. The molecule has 0 amide bonds. The van der Waals surface area contributed by atoms with Crippen LogP contribution in [0.5, 0.6) is 0 Å². The van der Waals surface area contributed by atoms with Gasteiger partial charge in [0.25, 0.3) is 0 Å². The molecule has 0 aromatic carbocycles. The molecule has 0 radical (unpaired) electrons. The zero-order valence-corrected chi connectivity index (χ0v) is 7.37. The van der Waals surface area contributed by atoms with Crippen LogP contribution in [0.1, 0.15) is 26.7 Å². The quantitative estimate of drug-likeness (QED) is 0.438. The predicted octanol–water partition coefficient (Wildman–Crippen LogP) is 1.45. The van der Waals surface area contributed by atoms with E-state index in [1.54, 1.807) is 0 Å². The third kappa shape index (κ3) is 0.713. The van der Waals surface area contributed by atoms with Crippen molar-refractivity contribution in [2.24, 2.45) is 22.4 Å². The number of oxime groups is 1. The van der Waals surface area contributed by atoms with Crippen molar-refractivity contribution in [2.75, 3.05) is 0 Å². The van der Waals surface area contributed by atoms with Crippen LogP contribution in [0, 0.1) is 17.3 Å². The topological polar surface area (TPSA) is 49.7 Å². The standard InChI is InChI=1S/C9H13NO2/c1-9(2)5-3-6(9)8(11)7(4-5)10-12/h5-6,12H,3-4H2,1-2H3. The van der Waals surface area contributed by atoms with E-state index < -0.39 is 0 Å². The number of ketones is 1. The molecule has 2 unspecified atom stereocenters. The Morgan fingerprint density at radius 2 is 2.25 bits per heavy atom. The van der Waals surface area contributed by atoms with Crippen LogP contribution in [0.2, 0.25) is 0 Å². The molecule has 1 N–H and O–H groups in total. The summed E-state index contributed by atoms with van der Waals surface area (Å²) in [5.41, 5.74) is 0.529. The molecule has 0 aliphatic heterocycles. The molecule has 3 heteroatoms. The van der Waals surface area contributed by atoms with Crippen molar-refractivity contribution in [3.8, 4) is 0 Å². The maximum absolute atomic E-state index is 11.5. The van der Waals surface area contributed by atoms with Crippen LogP contribution in [-0.2, 0) is 4.79 Å². The lowest BCUT2D eigenvalue weighted by Gasteiger charge is -2.55. The molecule has 0 heterocycles. The summed E-state index contributed by atoms with van der Waals surface area (Å²) in [6, 6.07) is 0. The van der Waals surface area contributed by atoms with Gasteiger partial charge < -0.3 is 5.21 Å². The fourth-order valence-electron chi connectivity index (χ4n) is 2.43. The monoisotopic (exact) mass is 167 g/mol. The molecule has 0 aromatic heterocycles. The molecule has 12 heavy (non-hydrogen) atoms. The molecular weight excluding hydrogens is 154 g/mol. The maximum atomic E-state index is 11.5. The zero-order valence-electron chi connectivity index (χ0n) is 7.37. The Morgan fingerprint density at radius 3 is 2.67 bits per heavy atom. The van der Waals surface area contributed by atoms with Crippen molar-refractivity contribution < 1.29 is 10.0 Å². The average molecular weight is 167 g/mol. The highest BCUT2D eigenvalue weighted by Gasteiger charge is 2.56. The van der Waals surface area contributed by atoms with E-state index in [2.05, 4.69) is 19.0 Å². The van der Waals surface area contributed by atoms with Gasteiger partial charge in [0.15, 0.2) is 5.78 Å². The minimum Gasteiger partial charge on any atom is -0.411 e. The van der Waals surface area contributed by atoms with Crippen molar-refractivity contribution in [1.29, 1.82) is 0 Å². The number of fused-ring (bicyclic) bond motifs is 2. The van der Waals surface area contributed by atoms with Gasteiger partial charge in [0, 0.05) is 5.92 Å². The second kappa shape index (κ2) is 2.09. The summed E-state index contributed by atoms with van der Waals surface area (Å²) in [5.74, 6) is 0.721. The summed E-state index contributed by atoms with van der Waals surface area (Å²) in [6.07, 6.45) is 1.66. The number of hydrogen-bond donors (Lipinski definition) is 1. The Balaban J connectivity index is 2.28. The highest BCUT2D eigenvalue weighted by molar-refractivity contribution is 6.42. The summed E-state index contributed by atoms with van der Waals surface area (Å²) >= 11 is 0. The average Bonchev–Trinajstić information content (AvgIpc) is 2.03. The molecular formula is C9H13NO2. The van der Waals surface area contributed by atoms with Gasteiger partial charge in [0.05, 0.1) is 0 Å². The van der Waals surface area contributed by atoms with E-state index in [0.29, 0.717) is 18.1 Å². The summed E-state index contributed by atoms with van der Waals surface area (Å²) in [4.78, 5) is 11.5. The van der Waals surface area contributed by atoms with Gasteiger partial charge in [-0.25, -0.2) is 0 Å². The van der Waals surface area contributed by atoms with Gasteiger partial charge in [-0.3, -0.25) is 4.79 Å². The minimum atomic E-state index is 0.0602. The summed E-state index contributed by atoms with van der Waals surface area (Å²) in [5, 5.41) is 11.6. The minimum absolute atomic E-state index is 0.0602. The number of rotatable bonds is 0. The Bertz CT molecular complexity index is 268. The van der Waals surface area contributed by atoms with Crippen molar-refractivity contribution >= 4 is 11.5 Å². The fourth-order valence-corrected chi connectivity index (χ4v) is 2.43. The summed E-state index contributed by atoms with van der Waals surface area (Å²) in [6.45, 7) is 4.25. The lowest BCUT2D eigenvalue weighted by atomic mass is 9.48. The fraction of sp³-hybridized carbons (Fsp3) is 0.778. The van der Waals surface area contributed by atoms with Crippen LogP contribution in [0.15, 0.2) is 5.16 Å². The van der Waals surface area contributed by atoms with Crippen molar-refractivity contribution in [3.05, 3.63) is 0 Å². The Hall–Kier alpha value is -0.860. The zero-order chi connectivity index (χ0) is 8.93. The van der Waals surface area contributed by atoms with Crippen LogP contribution >= 0.6 is 0 Å². The Labute approximate surface area is 71.5 Å². The molecule has 3 saturated carbocycles. The lowest BCUT2D eigenvalue weighted by Crippen LogP contribution is -2.56. The van der Waals surface area contributed by atoms with Gasteiger partial charge in [-0.2, -0.15) is 0 Å². The number of Topliss-reactive ketones (excluding diaryl/α,β-unsaturated/α-hetero) is 1. The van der Waals surface area contributed by atoms with E-state index in [-0.39, 0.29) is 17.1 Å². The first kappa shape index (κ1) is 7.77. The molecule has 66 valence electrons. The highest BCUT2D eigenvalue weighted by Crippen LogP contribution is 2.56. The van der Waals surface area contributed by atoms with E-state index >= 15 is 0 Å². The molecule has 3 rings (SSSR count). The van der Waals surface area contributed by atoms with Crippen LogP contribution in [0.4, 0.5) is 0 Å². The van der Waals surface area contributed by atoms with Crippen molar-refractivity contribution in [1.82, 2.24) is 0 Å². The van der Waals surface area contributed by atoms with E-state index in [1.807, 2.05) is 0 Å². The van der Waals surface area contributed by atoms with Crippen LogP contribution in [0.3, 0.4) is 0 Å². The number of nitrogens with zero attached hydrogens (tertiary/aromatic N) is 1. The first-order chi connectivity index (χ1) is 5.57. The van der Waals surface area contributed by atoms with Gasteiger partial charge >= 0.3 is 0 Å². The predicted molar refractivity (Wildman–Crippen MR) is 44.2 cm³/mol. The maximum Gasteiger partial charge on any atom is 0.184 e. The second-order valence-corrected chi connectivity index (χ2v) is 4.42. The van der Waals surface area contributed by atoms with Crippen LogP contribution in [0.25, 0.3) is 0 Å². The normalized spacial score (nSPS) is 41.2. The molecule has 3 nitrogen and oxygen atoms in total. The molecule has 2 atom stereocenters. The molecule has 0 spiro atoms. The number of carbonyl (C=O) groups is 1. The molecule has 0 saturated heterocycles. The van der Waals surface area contributed by atoms with Gasteiger partial charge in [-0.15, -0.1) is 0 Å². The van der Waals surface area contributed by atoms with E-state index in [4.69, 9.17) is 5.21 Å². The SMILES string of the molecule is CC1(C)C2CC(=NO)C(=O)C1C2. The molecule has 2 bridgehead atoms. The number of carbonyl (C=O) groups excluding carboxylic acids is 1. The van der Waals surface area contributed by atoms with Gasteiger partial charge in [-0.05, 0) is 24.2 Å². The smallest absolute Gasteiger partial charge is 0.184 e. The van der Waals surface area contributed by atoms with E-state index in [1.165, 1.54) is 0 Å². The molecule has 0 aromatic rings. The van der Waals surface area contributed by atoms with Crippen LogP contribution < -0.4 is 0 Å². The van der Waals surface area contributed by atoms with Gasteiger partial charge in [-0.1, -0.05) is 19.0 Å². The lowest BCUT2D eigenvalue weighted by molar-refractivity contribution is -0.135. The highest BCUT2D eigenvalue weighted by atomic mass is 16.4. The number of hydrogen-bond acceptors (Lipinski definition) is 3. The summed E-state index contributed by atoms with van der Waals surface area (Å²) in [7, 11) is 0. The summed E-state index contributed by atoms with van der Waals surface area (Å²) < 4.78 is 0. The third-order valence-electron chi connectivity index (χ3n) is 3.63. The Morgan fingerprint density at radius 1 is 1.58 bits per heavy atom. The molecule has 3 aliphatic rings. The molecule has 3 fully saturated rings. The third-order valence-corrected chi connectivity index (χ3v) is 3.63.